The third-order valence-electron chi connectivity index (χ3n) is 2.85. The highest BCUT2D eigenvalue weighted by atomic mass is 79.9. The number of halogens is 5. The molecule has 2 aromatic carbocycles. The average Bonchev–Trinajstić information content (AvgIpc) is 2.40. The van der Waals surface area contributed by atoms with Crippen molar-refractivity contribution in [2.45, 2.75) is 12.5 Å². The molecule has 0 heterocycles. The van der Waals surface area contributed by atoms with Crippen LogP contribution in [-0.4, -0.2) is 5.11 Å². The van der Waals surface area contributed by atoms with E-state index in [-0.39, 0.29) is 22.0 Å². The van der Waals surface area contributed by atoms with Crippen LogP contribution in [0.4, 0.5) is 17.6 Å². The van der Waals surface area contributed by atoms with Gasteiger partial charge in [0, 0.05) is 6.42 Å². The van der Waals surface area contributed by atoms with E-state index in [9.17, 15) is 22.7 Å². The first-order valence-corrected chi connectivity index (χ1v) is 6.45. The van der Waals surface area contributed by atoms with Crippen LogP contribution in [0, 0.1) is 23.3 Å². The fourth-order valence-corrected chi connectivity index (χ4v) is 2.40. The van der Waals surface area contributed by atoms with Crippen LogP contribution in [0.2, 0.25) is 0 Å². The lowest BCUT2D eigenvalue weighted by molar-refractivity contribution is 0.175. The zero-order valence-corrected chi connectivity index (χ0v) is 11.6. The molecule has 1 atom stereocenters. The molecule has 0 aliphatic carbocycles. The predicted molar refractivity (Wildman–Crippen MR) is 69.1 cm³/mol. The smallest absolute Gasteiger partial charge is 0.173 e. The van der Waals surface area contributed by atoms with Gasteiger partial charge in [-0.1, -0.05) is 6.07 Å². The molecule has 6 heteroatoms. The quantitative estimate of drug-likeness (QED) is 0.648. The maximum atomic E-state index is 13.5. The second-order valence-electron chi connectivity index (χ2n) is 4.22. The van der Waals surface area contributed by atoms with Gasteiger partial charge in [-0.15, -0.1) is 0 Å². The molecule has 0 fully saturated rings. The van der Waals surface area contributed by atoms with Gasteiger partial charge in [-0.25, -0.2) is 17.6 Å². The summed E-state index contributed by atoms with van der Waals surface area (Å²) >= 11 is 2.84. The van der Waals surface area contributed by atoms with Gasteiger partial charge in [0.05, 0.1) is 10.6 Å². The molecule has 0 bridgehead atoms. The summed E-state index contributed by atoms with van der Waals surface area (Å²) in [5, 5.41) is 9.98. The van der Waals surface area contributed by atoms with E-state index in [4.69, 9.17) is 0 Å². The second kappa shape index (κ2) is 5.93. The Morgan fingerprint density at radius 2 is 1.65 bits per heavy atom. The fourth-order valence-electron chi connectivity index (χ4n) is 1.82. The van der Waals surface area contributed by atoms with Crippen LogP contribution in [0.3, 0.4) is 0 Å². The van der Waals surface area contributed by atoms with Crippen molar-refractivity contribution in [3.63, 3.8) is 0 Å². The van der Waals surface area contributed by atoms with E-state index in [2.05, 4.69) is 15.9 Å². The van der Waals surface area contributed by atoms with Crippen molar-refractivity contribution in [3.8, 4) is 0 Å². The molecule has 2 aromatic rings. The van der Waals surface area contributed by atoms with Crippen LogP contribution in [0.5, 0.6) is 0 Å². The van der Waals surface area contributed by atoms with Crippen LogP contribution in [0.1, 0.15) is 17.2 Å². The minimum absolute atomic E-state index is 0.0471. The summed E-state index contributed by atoms with van der Waals surface area (Å²) in [6, 6.07) is 4.90. The van der Waals surface area contributed by atoms with Crippen molar-refractivity contribution >= 4 is 15.9 Å². The van der Waals surface area contributed by atoms with Gasteiger partial charge in [0.1, 0.15) is 11.6 Å². The fraction of sp³-hybridized carbons (Fsp3) is 0.143. The molecule has 0 aliphatic rings. The normalized spacial score (nSPS) is 12.5. The van der Waals surface area contributed by atoms with Crippen LogP contribution < -0.4 is 0 Å². The molecule has 1 N–H and O–H groups in total. The summed E-state index contributed by atoms with van der Waals surface area (Å²) in [5.41, 5.74) is 0.0155. The van der Waals surface area contributed by atoms with E-state index in [0.717, 1.165) is 24.3 Å². The molecule has 0 saturated carbocycles. The summed E-state index contributed by atoms with van der Waals surface area (Å²) in [6.45, 7) is 0. The van der Waals surface area contributed by atoms with E-state index in [1.807, 2.05) is 0 Å². The maximum absolute atomic E-state index is 13.5. The van der Waals surface area contributed by atoms with Gasteiger partial charge in [-0.2, -0.15) is 0 Å². The number of benzene rings is 2. The average molecular weight is 349 g/mol. The topological polar surface area (TPSA) is 20.2 Å². The van der Waals surface area contributed by atoms with Crippen LogP contribution in [-0.2, 0) is 6.42 Å². The van der Waals surface area contributed by atoms with E-state index in [1.54, 1.807) is 0 Å². The minimum Gasteiger partial charge on any atom is -0.388 e. The predicted octanol–water partition coefficient (Wildman–Crippen LogP) is 4.28. The molecule has 20 heavy (non-hydrogen) atoms. The highest BCUT2D eigenvalue weighted by Gasteiger charge is 2.19. The van der Waals surface area contributed by atoms with Gasteiger partial charge in [0.15, 0.2) is 11.6 Å². The largest absolute Gasteiger partial charge is 0.388 e. The maximum Gasteiger partial charge on any atom is 0.173 e. The van der Waals surface area contributed by atoms with Crippen molar-refractivity contribution in [3.05, 3.63) is 69.2 Å². The summed E-state index contributed by atoms with van der Waals surface area (Å²) in [5.74, 6) is -3.52. The molecule has 0 saturated heterocycles. The molecule has 0 spiro atoms. The Labute approximate surface area is 121 Å². The molecular formula is C14H9BrF4O. The first-order chi connectivity index (χ1) is 9.40. The van der Waals surface area contributed by atoms with Crippen molar-refractivity contribution in [1.82, 2.24) is 0 Å². The third-order valence-corrected chi connectivity index (χ3v) is 3.65. The SMILES string of the molecule is OC(Cc1cc(F)ccc1F)c1ccc(F)c(F)c1Br. The highest BCUT2D eigenvalue weighted by molar-refractivity contribution is 9.10. The van der Waals surface area contributed by atoms with Gasteiger partial charge in [0.25, 0.3) is 0 Å². The second-order valence-corrected chi connectivity index (χ2v) is 5.01. The first kappa shape index (κ1) is 15.0. The summed E-state index contributed by atoms with van der Waals surface area (Å²) in [4.78, 5) is 0. The molecule has 0 aliphatic heterocycles. The van der Waals surface area contributed by atoms with Crippen LogP contribution >= 0.6 is 15.9 Å². The Hall–Kier alpha value is -1.40. The summed E-state index contributed by atoms with van der Waals surface area (Å²) in [6.07, 6.45) is -1.55. The van der Waals surface area contributed by atoms with Crippen LogP contribution in [0.25, 0.3) is 0 Å². The Bertz CT molecular complexity index is 645. The lowest BCUT2D eigenvalue weighted by Crippen LogP contribution is -2.06. The van der Waals surface area contributed by atoms with E-state index >= 15 is 0 Å². The van der Waals surface area contributed by atoms with Crippen LogP contribution in [0.15, 0.2) is 34.8 Å². The van der Waals surface area contributed by atoms with Gasteiger partial charge in [-0.05, 0) is 51.3 Å². The number of hydrogen-bond donors (Lipinski definition) is 1. The van der Waals surface area contributed by atoms with Crippen molar-refractivity contribution in [2.24, 2.45) is 0 Å². The zero-order valence-electron chi connectivity index (χ0n) is 10.0. The van der Waals surface area contributed by atoms with Gasteiger partial charge in [0.2, 0.25) is 0 Å². The Morgan fingerprint density at radius 1 is 1.00 bits per heavy atom. The number of aliphatic hydroxyl groups excluding tert-OH is 1. The van der Waals surface area contributed by atoms with Crippen molar-refractivity contribution in [2.75, 3.05) is 0 Å². The van der Waals surface area contributed by atoms with Gasteiger partial charge >= 0.3 is 0 Å². The summed E-state index contributed by atoms with van der Waals surface area (Å²) < 4.78 is 52.6. The molecule has 1 unspecified atom stereocenters. The molecule has 0 aromatic heterocycles. The number of rotatable bonds is 3. The van der Waals surface area contributed by atoms with Crippen molar-refractivity contribution in [1.29, 1.82) is 0 Å². The van der Waals surface area contributed by atoms with Gasteiger partial charge < -0.3 is 5.11 Å². The van der Waals surface area contributed by atoms with E-state index in [1.165, 1.54) is 6.07 Å². The molecular weight excluding hydrogens is 340 g/mol. The molecule has 0 radical (unpaired) electrons. The molecule has 2 rings (SSSR count). The Kier molecular flexibility index (Phi) is 4.45. The lowest BCUT2D eigenvalue weighted by atomic mass is 10.0. The number of hydrogen-bond acceptors (Lipinski definition) is 1. The molecule has 1 nitrogen and oxygen atoms in total. The van der Waals surface area contributed by atoms with Gasteiger partial charge in [-0.3, -0.25) is 0 Å². The zero-order chi connectivity index (χ0) is 14.9. The van der Waals surface area contributed by atoms with Crippen molar-refractivity contribution < 1.29 is 22.7 Å². The highest BCUT2D eigenvalue weighted by Crippen LogP contribution is 2.30. The summed E-state index contributed by atoms with van der Waals surface area (Å²) in [7, 11) is 0. The van der Waals surface area contributed by atoms with E-state index < -0.39 is 29.4 Å². The standard InChI is InChI=1S/C14H9BrF4O/c15-13-9(2-4-11(18)14(13)19)12(20)6-7-5-8(16)1-3-10(7)17/h1-5,12,20H,6H2. The lowest BCUT2D eigenvalue weighted by Gasteiger charge is -2.14. The molecule has 106 valence electrons. The molecule has 0 amide bonds. The minimum atomic E-state index is -1.30. The third kappa shape index (κ3) is 3.02. The first-order valence-electron chi connectivity index (χ1n) is 5.65. The Balaban J connectivity index is 2.31. The van der Waals surface area contributed by atoms with E-state index in [0.29, 0.717) is 0 Å². The Morgan fingerprint density at radius 3 is 2.35 bits per heavy atom. The monoisotopic (exact) mass is 348 g/mol. The number of aliphatic hydroxyl groups is 1.